The predicted molar refractivity (Wildman–Crippen MR) is 86.9 cm³/mol. The second kappa shape index (κ2) is 7.58. The molecule has 2 rings (SSSR count). The van der Waals surface area contributed by atoms with Crippen LogP contribution < -0.4 is 9.16 Å². The fourth-order valence-electron chi connectivity index (χ4n) is 1.61. The van der Waals surface area contributed by atoms with Gasteiger partial charge in [-0.05, 0) is 31.8 Å². The van der Waals surface area contributed by atoms with Crippen LogP contribution in [0.25, 0.3) is 11.0 Å². The third kappa shape index (κ3) is 6.51. The third-order valence-electron chi connectivity index (χ3n) is 2.57. The summed E-state index contributed by atoms with van der Waals surface area (Å²) in [4.78, 5) is 0. The number of ether oxygens (including phenoxy) is 1. The van der Waals surface area contributed by atoms with Gasteiger partial charge in [-0.15, -0.1) is 0 Å². The van der Waals surface area contributed by atoms with Gasteiger partial charge in [0.1, 0.15) is 16.9 Å². The van der Waals surface area contributed by atoms with Gasteiger partial charge in [0.15, 0.2) is 10.1 Å². The Morgan fingerprint density at radius 1 is 1.16 bits per heavy atom. The first kappa shape index (κ1) is 21.2. The lowest BCUT2D eigenvalue weighted by atomic mass is 10.2. The van der Waals surface area contributed by atoms with Crippen molar-refractivity contribution in [1.29, 1.82) is 0 Å². The maximum Gasteiger partial charge on any atom is 0.485 e. The van der Waals surface area contributed by atoms with E-state index in [0.29, 0.717) is 0 Å². The molecule has 0 bridgehead atoms. The zero-order valence-corrected chi connectivity index (χ0v) is 15.7. The molecule has 140 valence electrons. The number of benzene rings is 1. The van der Waals surface area contributed by atoms with E-state index >= 15 is 0 Å². The maximum absolute atomic E-state index is 10.7. The van der Waals surface area contributed by atoms with E-state index in [1.54, 1.807) is 13.4 Å². The number of fused-ring (bicyclic) bond motifs is 1. The van der Waals surface area contributed by atoms with Gasteiger partial charge in [0.05, 0.1) is 19.2 Å². The predicted octanol–water partition coefficient (Wildman–Crippen LogP) is 3.99. The van der Waals surface area contributed by atoms with E-state index in [2.05, 4.69) is 19.6 Å². The van der Waals surface area contributed by atoms with Crippen LogP contribution in [0.1, 0.15) is 0 Å². The highest BCUT2D eigenvalue weighted by Crippen LogP contribution is 2.30. The summed E-state index contributed by atoms with van der Waals surface area (Å²) >= 11 is 0. The third-order valence-corrected chi connectivity index (χ3v) is 3.97. The van der Waals surface area contributed by atoms with Crippen LogP contribution in [-0.4, -0.2) is 33.9 Å². The Kier molecular flexibility index (Phi) is 6.42. The molecule has 0 aliphatic heterocycles. The van der Waals surface area contributed by atoms with Crippen LogP contribution in [0.3, 0.4) is 0 Å². The summed E-state index contributed by atoms with van der Waals surface area (Å²) in [5.41, 5.74) is -4.87. The highest BCUT2D eigenvalue weighted by Gasteiger charge is 2.36. The second-order valence-corrected chi connectivity index (χ2v) is 11.6. The molecule has 0 fully saturated rings. The minimum absolute atomic E-state index is 0.778. The Labute approximate surface area is 144 Å². The molecule has 1 heterocycles. The van der Waals surface area contributed by atoms with Crippen LogP contribution in [0.2, 0.25) is 19.6 Å². The number of methoxy groups -OCH3 is 1. The largest absolute Gasteiger partial charge is 0.741 e. The maximum atomic E-state index is 10.7. The molecular formula is C14H17F3O6SSi. The average molecular weight is 398 g/mol. The first-order valence-corrected chi connectivity index (χ1v) is 11.7. The molecule has 25 heavy (non-hydrogen) atoms. The van der Waals surface area contributed by atoms with E-state index in [9.17, 15) is 13.2 Å². The van der Waals surface area contributed by atoms with Crippen LogP contribution in [0.4, 0.5) is 13.2 Å². The number of alkyl halides is 3. The van der Waals surface area contributed by atoms with Gasteiger partial charge in [0.25, 0.3) is 0 Å². The van der Waals surface area contributed by atoms with Gasteiger partial charge < -0.3 is 13.7 Å². The molecule has 1 aromatic carbocycles. The first-order valence-electron chi connectivity index (χ1n) is 6.84. The number of rotatable bonds is 3. The quantitative estimate of drug-likeness (QED) is 0.336. The minimum Gasteiger partial charge on any atom is -0.741 e. The van der Waals surface area contributed by atoms with Gasteiger partial charge in [-0.1, -0.05) is 0 Å². The summed E-state index contributed by atoms with van der Waals surface area (Å²) < 4.78 is 75.6. The van der Waals surface area contributed by atoms with Crippen molar-refractivity contribution in [2.75, 3.05) is 7.11 Å². The zero-order chi connectivity index (χ0) is 19.5. The highest BCUT2D eigenvalue weighted by atomic mass is 32.2. The molecule has 0 saturated carbocycles. The molecular weight excluding hydrogens is 381 g/mol. The number of halogens is 3. The van der Waals surface area contributed by atoms with Gasteiger partial charge in [-0.3, -0.25) is 0 Å². The molecule has 0 amide bonds. The SMILES string of the molecule is COc1ccc2c(O[Si](C)(C)C)cc[o+]c2c1.O=S(=O)([O-])C(F)(F)F. The van der Waals surface area contributed by atoms with Crippen LogP contribution in [0.15, 0.2) is 34.9 Å². The Morgan fingerprint density at radius 2 is 1.72 bits per heavy atom. The molecule has 1 aromatic heterocycles. The molecule has 0 unspecified atom stereocenters. The summed E-state index contributed by atoms with van der Waals surface area (Å²) in [5, 5.41) is 0.982. The molecule has 11 heteroatoms. The topological polar surface area (TPSA) is 87.0 Å². The lowest BCUT2D eigenvalue weighted by Crippen LogP contribution is -2.29. The van der Waals surface area contributed by atoms with Crippen LogP contribution in [-0.2, 0) is 10.1 Å². The minimum atomic E-state index is -6.09. The van der Waals surface area contributed by atoms with Crippen LogP contribution in [0, 0.1) is 0 Å². The molecule has 2 aromatic rings. The van der Waals surface area contributed by atoms with Crippen molar-refractivity contribution in [3.8, 4) is 11.5 Å². The molecule has 0 saturated heterocycles. The van der Waals surface area contributed by atoms with Crippen molar-refractivity contribution >= 4 is 29.4 Å². The fraction of sp³-hybridized carbons (Fsp3) is 0.357. The molecule has 0 aliphatic rings. The van der Waals surface area contributed by atoms with E-state index in [4.69, 9.17) is 26.6 Å². The van der Waals surface area contributed by atoms with Crippen molar-refractivity contribution in [2.24, 2.45) is 0 Å². The summed E-state index contributed by atoms with van der Waals surface area (Å²) in [5.74, 6) is 1.67. The van der Waals surface area contributed by atoms with Crippen molar-refractivity contribution in [2.45, 2.75) is 25.1 Å². The molecule has 0 N–H and O–H groups in total. The van der Waals surface area contributed by atoms with E-state index in [1.807, 2.05) is 24.3 Å². The molecule has 0 spiro atoms. The van der Waals surface area contributed by atoms with E-state index in [0.717, 1.165) is 22.5 Å². The highest BCUT2D eigenvalue weighted by molar-refractivity contribution is 7.86. The molecule has 0 atom stereocenters. The van der Waals surface area contributed by atoms with Gasteiger partial charge in [0, 0.05) is 0 Å². The van der Waals surface area contributed by atoms with Crippen molar-refractivity contribution in [1.82, 2.24) is 0 Å². The van der Waals surface area contributed by atoms with E-state index in [1.165, 1.54) is 0 Å². The Hall–Kier alpha value is -1.85. The van der Waals surface area contributed by atoms with Gasteiger partial charge >= 0.3 is 17.4 Å². The summed E-state index contributed by atoms with van der Waals surface area (Å²) in [7, 11) is -6.06. The fourth-order valence-corrected chi connectivity index (χ4v) is 2.45. The smallest absolute Gasteiger partial charge is 0.485 e. The van der Waals surface area contributed by atoms with E-state index in [-0.39, 0.29) is 0 Å². The van der Waals surface area contributed by atoms with Gasteiger partial charge in [-0.25, -0.2) is 12.8 Å². The lowest BCUT2D eigenvalue weighted by Gasteiger charge is -2.18. The normalized spacial score (nSPS) is 12.3. The van der Waals surface area contributed by atoms with Crippen LogP contribution in [0.5, 0.6) is 11.5 Å². The number of hydrogen-bond donors (Lipinski definition) is 0. The average Bonchev–Trinajstić information content (AvgIpc) is 2.44. The summed E-state index contributed by atoms with van der Waals surface area (Å²) in [6, 6.07) is 7.61. The van der Waals surface area contributed by atoms with Crippen LogP contribution >= 0.6 is 0 Å². The molecule has 6 nitrogen and oxygen atoms in total. The first-order chi connectivity index (χ1) is 11.2. The number of hydrogen-bond acceptors (Lipinski definition) is 5. The van der Waals surface area contributed by atoms with Gasteiger partial charge in [-0.2, -0.15) is 13.2 Å². The lowest BCUT2D eigenvalue weighted by molar-refractivity contribution is -0.0517. The van der Waals surface area contributed by atoms with E-state index < -0.39 is 23.9 Å². The van der Waals surface area contributed by atoms with Gasteiger partial charge in [0.2, 0.25) is 8.32 Å². The van der Waals surface area contributed by atoms with Crippen molar-refractivity contribution in [3.63, 3.8) is 0 Å². The Bertz CT molecular complexity index is 831. The Morgan fingerprint density at radius 3 is 2.16 bits per heavy atom. The molecule has 0 radical (unpaired) electrons. The zero-order valence-electron chi connectivity index (χ0n) is 13.9. The summed E-state index contributed by atoms with van der Waals surface area (Å²) in [6.07, 6.45) is 1.65. The van der Waals surface area contributed by atoms with Crippen molar-refractivity contribution in [3.05, 3.63) is 30.5 Å². The molecule has 0 aliphatic carbocycles. The standard InChI is InChI=1S/C13H17O3Si.CHF3O3S/c1-14-10-5-6-11-12(16-17(2,3)4)7-8-15-13(11)9-10;2-1(3,4)8(5,6)7/h5-9H,1-4H3;(H,5,6,7)/q+1;/p-1. The second-order valence-electron chi connectivity index (χ2n) is 5.76. The monoisotopic (exact) mass is 398 g/mol. The summed E-state index contributed by atoms with van der Waals surface area (Å²) in [6.45, 7) is 6.48. The Balaban J connectivity index is 0.000000333. The van der Waals surface area contributed by atoms with Crippen molar-refractivity contribution < 1.29 is 39.7 Å².